The minimum absolute atomic E-state index is 0.0632. The van der Waals surface area contributed by atoms with E-state index in [9.17, 15) is 4.79 Å². The second kappa shape index (κ2) is 4.36. The van der Waals surface area contributed by atoms with Crippen molar-refractivity contribution >= 4 is 11.4 Å². The van der Waals surface area contributed by atoms with Gasteiger partial charge in [-0.05, 0) is 17.4 Å². The third-order valence-electron chi connectivity index (χ3n) is 3.24. The number of carbonyl (C=O) groups is 1. The van der Waals surface area contributed by atoms with E-state index in [1.807, 2.05) is 37.4 Å². The molecule has 0 saturated heterocycles. The summed E-state index contributed by atoms with van der Waals surface area (Å²) in [6.45, 7) is 4.29. The van der Waals surface area contributed by atoms with Gasteiger partial charge in [0.2, 0.25) is 0 Å². The molecule has 0 bridgehead atoms. The minimum atomic E-state index is 0.0632. The van der Waals surface area contributed by atoms with Gasteiger partial charge in [0.25, 0.3) is 0 Å². The fraction of sp³-hybridized carbons (Fsp3) is 0.400. The molecule has 0 amide bonds. The van der Waals surface area contributed by atoms with Crippen molar-refractivity contribution in [1.82, 2.24) is 5.32 Å². The normalized spacial score (nSPS) is 19.4. The highest BCUT2D eigenvalue weighted by Gasteiger charge is 2.32. The summed E-state index contributed by atoms with van der Waals surface area (Å²) in [6.07, 6.45) is 1.56. The molecule has 2 rings (SSSR count). The van der Waals surface area contributed by atoms with Gasteiger partial charge >= 0.3 is 0 Å². The third kappa shape index (κ3) is 2.41. The first-order valence-electron chi connectivity index (χ1n) is 6.03. The molecule has 17 heavy (non-hydrogen) atoms. The molecule has 2 nitrogen and oxygen atoms in total. The number of hydrogen-bond acceptors (Lipinski definition) is 2. The van der Waals surface area contributed by atoms with Crippen molar-refractivity contribution in [1.29, 1.82) is 0 Å². The van der Waals surface area contributed by atoms with Crippen molar-refractivity contribution in [3.8, 4) is 0 Å². The van der Waals surface area contributed by atoms with Crippen LogP contribution in [-0.2, 0) is 4.79 Å². The molecule has 90 valence electrons. The van der Waals surface area contributed by atoms with Crippen molar-refractivity contribution in [2.75, 3.05) is 7.05 Å². The second-order valence-electron chi connectivity index (χ2n) is 5.41. The molecular formula is C15H19NO. The lowest BCUT2D eigenvalue weighted by atomic mass is 9.74. The SMILES string of the molecule is CNC1=C(c2ccccc2)C(=O)CC(C)(C)C1. The molecule has 1 aliphatic carbocycles. The number of rotatable bonds is 2. The van der Waals surface area contributed by atoms with E-state index < -0.39 is 0 Å². The van der Waals surface area contributed by atoms with Crippen LogP contribution in [0.4, 0.5) is 0 Å². The van der Waals surface area contributed by atoms with Crippen LogP contribution in [0, 0.1) is 5.41 Å². The molecule has 0 atom stereocenters. The molecule has 0 saturated carbocycles. The molecule has 0 unspecified atom stereocenters. The fourth-order valence-corrected chi connectivity index (χ4v) is 2.47. The van der Waals surface area contributed by atoms with Crippen LogP contribution >= 0.6 is 0 Å². The Labute approximate surface area is 103 Å². The van der Waals surface area contributed by atoms with E-state index in [0.717, 1.165) is 23.3 Å². The standard InChI is InChI=1S/C15H19NO/c1-15(2)9-12(16-3)14(13(17)10-15)11-7-5-4-6-8-11/h4-8,16H,9-10H2,1-3H3. The smallest absolute Gasteiger partial charge is 0.165 e. The van der Waals surface area contributed by atoms with Crippen LogP contribution < -0.4 is 5.32 Å². The number of hydrogen-bond donors (Lipinski definition) is 1. The first kappa shape index (κ1) is 11.9. The van der Waals surface area contributed by atoms with Crippen LogP contribution in [0.15, 0.2) is 36.0 Å². The summed E-state index contributed by atoms with van der Waals surface area (Å²) >= 11 is 0. The van der Waals surface area contributed by atoms with Gasteiger partial charge in [-0.15, -0.1) is 0 Å². The number of ketones is 1. The maximum atomic E-state index is 12.3. The zero-order chi connectivity index (χ0) is 12.5. The molecular weight excluding hydrogens is 210 g/mol. The van der Waals surface area contributed by atoms with Gasteiger partial charge < -0.3 is 5.32 Å². The van der Waals surface area contributed by atoms with Gasteiger partial charge in [-0.25, -0.2) is 0 Å². The summed E-state index contributed by atoms with van der Waals surface area (Å²) in [7, 11) is 1.90. The van der Waals surface area contributed by atoms with E-state index in [1.165, 1.54) is 0 Å². The van der Waals surface area contributed by atoms with Gasteiger partial charge in [0, 0.05) is 24.7 Å². The Morgan fingerprint density at radius 1 is 1.12 bits per heavy atom. The van der Waals surface area contributed by atoms with Gasteiger partial charge in [-0.2, -0.15) is 0 Å². The average molecular weight is 229 g/mol. The van der Waals surface area contributed by atoms with E-state index in [0.29, 0.717) is 6.42 Å². The predicted molar refractivity (Wildman–Crippen MR) is 70.4 cm³/mol. The van der Waals surface area contributed by atoms with Gasteiger partial charge in [0.05, 0.1) is 0 Å². The molecule has 0 radical (unpaired) electrons. The van der Waals surface area contributed by atoms with Crippen LogP contribution in [-0.4, -0.2) is 12.8 Å². The lowest BCUT2D eigenvalue weighted by molar-refractivity contribution is -0.116. The van der Waals surface area contributed by atoms with E-state index in [4.69, 9.17) is 0 Å². The van der Waals surface area contributed by atoms with Crippen molar-refractivity contribution in [3.05, 3.63) is 41.6 Å². The lowest BCUT2D eigenvalue weighted by Crippen LogP contribution is -2.29. The first-order valence-corrected chi connectivity index (χ1v) is 6.03. The van der Waals surface area contributed by atoms with Crippen molar-refractivity contribution < 1.29 is 4.79 Å². The summed E-state index contributed by atoms with van der Waals surface area (Å²) in [5, 5.41) is 3.20. The molecule has 1 aromatic carbocycles. The van der Waals surface area contributed by atoms with Gasteiger partial charge in [-0.1, -0.05) is 44.2 Å². The van der Waals surface area contributed by atoms with E-state index in [2.05, 4.69) is 19.2 Å². The largest absolute Gasteiger partial charge is 0.391 e. The Morgan fingerprint density at radius 2 is 1.76 bits per heavy atom. The number of Topliss-reactive ketones (excluding diaryl/α,β-unsaturated/α-hetero) is 1. The topological polar surface area (TPSA) is 29.1 Å². The quantitative estimate of drug-likeness (QED) is 0.844. The Kier molecular flexibility index (Phi) is 3.05. The van der Waals surface area contributed by atoms with E-state index in [-0.39, 0.29) is 11.2 Å². The Hall–Kier alpha value is -1.57. The van der Waals surface area contributed by atoms with Crippen molar-refractivity contribution in [2.45, 2.75) is 26.7 Å². The molecule has 0 fully saturated rings. The molecule has 1 aliphatic rings. The highest BCUT2D eigenvalue weighted by Crippen LogP contribution is 2.38. The Bertz CT molecular complexity index is 457. The Morgan fingerprint density at radius 3 is 2.35 bits per heavy atom. The molecule has 1 N–H and O–H groups in total. The molecule has 0 aliphatic heterocycles. The molecule has 0 spiro atoms. The van der Waals surface area contributed by atoms with Gasteiger partial charge in [0.15, 0.2) is 5.78 Å². The van der Waals surface area contributed by atoms with Crippen LogP contribution in [0.5, 0.6) is 0 Å². The third-order valence-corrected chi connectivity index (χ3v) is 3.24. The van der Waals surface area contributed by atoms with E-state index in [1.54, 1.807) is 0 Å². The van der Waals surface area contributed by atoms with Crippen molar-refractivity contribution in [2.24, 2.45) is 5.41 Å². The zero-order valence-corrected chi connectivity index (χ0v) is 10.7. The first-order chi connectivity index (χ1) is 8.03. The second-order valence-corrected chi connectivity index (χ2v) is 5.41. The number of allylic oxidation sites excluding steroid dienone is 2. The molecule has 0 heterocycles. The predicted octanol–water partition coefficient (Wildman–Crippen LogP) is 3.01. The maximum absolute atomic E-state index is 12.3. The van der Waals surface area contributed by atoms with Crippen LogP contribution in [0.1, 0.15) is 32.3 Å². The minimum Gasteiger partial charge on any atom is -0.391 e. The number of carbonyl (C=O) groups excluding carboxylic acids is 1. The summed E-state index contributed by atoms with van der Waals surface area (Å²) in [5.41, 5.74) is 3.02. The van der Waals surface area contributed by atoms with Crippen molar-refractivity contribution in [3.63, 3.8) is 0 Å². The van der Waals surface area contributed by atoms with Crippen LogP contribution in [0.2, 0.25) is 0 Å². The summed E-state index contributed by atoms with van der Waals surface area (Å²) < 4.78 is 0. The molecule has 2 heteroatoms. The number of benzene rings is 1. The highest BCUT2D eigenvalue weighted by atomic mass is 16.1. The van der Waals surface area contributed by atoms with Crippen LogP contribution in [0.25, 0.3) is 5.57 Å². The van der Waals surface area contributed by atoms with Gasteiger partial charge in [-0.3, -0.25) is 4.79 Å². The maximum Gasteiger partial charge on any atom is 0.165 e. The summed E-state index contributed by atoms with van der Waals surface area (Å²) in [5.74, 6) is 0.247. The molecule has 0 aromatic heterocycles. The number of nitrogens with one attached hydrogen (secondary N) is 1. The fourth-order valence-electron chi connectivity index (χ4n) is 2.47. The highest BCUT2D eigenvalue weighted by molar-refractivity contribution is 6.22. The zero-order valence-electron chi connectivity index (χ0n) is 10.7. The van der Waals surface area contributed by atoms with Crippen LogP contribution in [0.3, 0.4) is 0 Å². The average Bonchev–Trinajstić information content (AvgIpc) is 2.28. The Balaban J connectivity index is 2.49. The summed E-state index contributed by atoms with van der Waals surface area (Å²) in [4.78, 5) is 12.3. The monoisotopic (exact) mass is 229 g/mol. The van der Waals surface area contributed by atoms with Gasteiger partial charge in [0.1, 0.15) is 0 Å². The molecule has 1 aromatic rings. The van der Waals surface area contributed by atoms with E-state index >= 15 is 0 Å². The summed E-state index contributed by atoms with van der Waals surface area (Å²) in [6, 6.07) is 9.93. The lowest BCUT2D eigenvalue weighted by Gasteiger charge is -2.32.